The zero-order chi connectivity index (χ0) is 14.5. The van der Waals surface area contributed by atoms with Crippen molar-refractivity contribution in [3.63, 3.8) is 0 Å². The van der Waals surface area contributed by atoms with Crippen LogP contribution in [0.15, 0.2) is 24.3 Å². The van der Waals surface area contributed by atoms with Crippen molar-refractivity contribution in [1.82, 2.24) is 4.90 Å². The number of rotatable bonds is 1. The summed E-state index contributed by atoms with van der Waals surface area (Å²) in [5, 5.41) is 0. The van der Waals surface area contributed by atoms with Gasteiger partial charge in [-0.05, 0) is 62.4 Å². The lowest BCUT2D eigenvalue weighted by Gasteiger charge is -2.54. The Morgan fingerprint density at radius 1 is 1.23 bits per heavy atom. The molecule has 0 unspecified atom stereocenters. The number of hydrogen-bond donors (Lipinski definition) is 0. The van der Waals surface area contributed by atoms with Crippen LogP contribution in [0.5, 0.6) is 11.5 Å². The van der Waals surface area contributed by atoms with Crippen LogP contribution in [-0.4, -0.2) is 36.7 Å². The number of methoxy groups -OCH3 is 1. The van der Waals surface area contributed by atoms with Crippen LogP contribution in [0.3, 0.4) is 0 Å². The van der Waals surface area contributed by atoms with E-state index in [0.29, 0.717) is 11.5 Å². The van der Waals surface area contributed by atoms with Gasteiger partial charge in [0.25, 0.3) is 0 Å². The summed E-state index contributed by atoms with van der Waals surface area (Å²) in [6.07, 6.45) is 10.1. The molecule has 1 aromatic carbocycles. The standard InChI is InChI=1S/C19H21NO2/c1-21-14-4-2-12-6-8-19-13-3-5-15-18(19,16(12)17(14)22-15)9-11-20(19)10-7-13/h2-5,13,15H,6-11H2,1H3/t13-,15+,18-,19+/m0/s1. The minimum absolute atomic E-state index is 0.181. The minimum Gasteiger partial charge on any atom is -0.493 e. The quantitative estimate of drug-likeness (QED) is 0.744. The highest BCUT2D eigenvalue weighted by molar-refractivity contribution is 5.64. The van der Waals surface area contributed by atoms with Crippen molar-refractivity contribution in [1.29, 1.82) is 0 Å². The van der Waals surface area contributed by atoms with Crippen LogP contribution in [-0.2, 0) is 11.8 Å². The molecule has 0 amide bonds. The molecule has 6 rings (SSSR count). The van der Waals surface area contributed by atoms with Crippen LogP contribution in [0.1, 0.15) is 30.4 Å². The van der Waals surface area contributed by atoms with E-state index in [1.54, 1.807) is 7.11 Å². The number of benzene rings is 1. The zero-order valence-electron chi connectivity index (χ0n) is 13.0. The lowest BCUT2D eigenvalue weighted by atomic mass is 9.52. The van der Waals surface area contributed by atoms with Crippen molar-refractivity contribution in [2.75, 3.05) is 20.2 Å². The largest absolute Gasteiger partial charge is 0.493 e. The van der Waals surface area contributed by atoms with Crippen molar-refractivity contribution in [3.05, 3.63) is 35.4 Å². The summed E-state index contributed by atoms with van der Waals surface area (Å²) in [4.78, 5) is 2.80. The van der Waals surface area contributed by atoms with Crippen molar-refractivity contribution in [2.45, 2.75) is 42.7 Å². The topological polar surface area (TPSA) is 21.7 Å². The maximum Gasteiger partial charge on any atom is 0.166 e. The molecule has 3 aliphatic heterocycles. The Morgan fingerprint density at radius 2 is 2.18 bits per heavy atom. The van der Waals surface area contributed by atoms with Gasteiger partial charge in [0, 0.05) is 11.1 Å². The summed E-state index contributed by atoms with van der Waals surface area (Å²) in [5.74, 6) is 2.67. The van der Waals surface area contributed by atoms with Gasteiger partial charge >= 0.3 is 0 Å². The second-order valence-corrected chi connectivity index (χ2v) is 7.58. The molecule has 114 valence electrons. The van der Waals surface area contributed by atoms with Gasteiger partial charge in [0.1, 0.15) is 6.10 Å². The van der Waals surface area contributed by atoms with Crippen molar-refractivity contribution >= 4 is 0 Å². The van der Waals surface area contributed by atoms with E-state index < -0.39 is 0 Å². The number of hydrogen-bond acceptors (Lipinski definition) is 3. The van der Waals surface area contributed by atoms with Crippen LogP contribution in [0.4, 0.5) is 0 Å². The van der Waals surface area contributed by atoms with Gasteiger partial charge in [-0.3, -0.25) is 4.90 Å². The van der Waals surface area contributed by atoms with Crippen molar-refractivity contribution in [2.24, 2.45) is 5.92 Å². The lowest BCUT2D eigenvalue weighted by molar-refractivity contribution is 0.0287. The molecule has 3 heterocycles. The van der Waals surface area contributed by atoms with E-state index >= 15 is 0 Å². The summed E-state index contributed by atoms with van der Waals surface area (Å²) >= 11 is 0. The smallest absolute Gasteiger partial charge is 0.166 e. The first kappa shape index (κ1) is 12.0. The monoisotopic (exact) mass is 295 g/mol. The summed E-state index contributed by atoms with van der Waals surface area (Å²) in [7, 11) is 1.76. The lowest BCUT2D eigenvalue weighted by Crippen LogP contribution is -2.63. The molecule has 0 aromatic heterocycles. The van der Waals surface area contributed by atoms with Gasteiger partial charge in [-0.1, -0.05) is 12.1 Å². The van der Waals surface area contributed by atoms with Crippen LogP contribution >= 0.6 is 0 Å². The first-order valence-corrected chi connectivity index (χ1v) is 8.62. The first-order chi connectivity index (χ1) is 10.8. The third-order valence-electron chi connectivity index (χ3n) is 7.33. The molecule has 2 saturated heterocycles. The molecule has 5 aliphatic rings. The van der Waals surface area contributed by atoms with Crippen LogP contribution in [0.25, 0.3) is 0 Å². The summed E-state index contributed by atoms with van der Waals surface area (Å²) < 4.78 is 12.1. The third-order valence-corrected chi connectivity index (χ3v) is 7.33. The average Bonchev–Trinajstić information content (AvgIpc) is 3.19. The summed E-state index contributed by atoms with van der Waals surface area (Å²) in [5.41, 5.74) is 3.51. The molecule has 3 nitrogen and oxygen atoms in total. The molecule has 0 N–H and O–H groups in total. The number of nitrogens with zero attached hydrogens (tertiary/aromatic N) is 1. The predicted octanol–water partition coefficient (Wildman–Crippen LogP) is 2.67. The van der Waals surface area contributed by atoms with Gasteiger partial charge in [-0.15, -0.1) is 0 Å². The summed E-state index contributed by atoms with van der Waals surface area (Å²) in [6, 6.07) is 4.39. The van der Waals surface area contributed by atoms with Gasteiger partial charge in [0.15, 0.2) is 11.5 Å². The highest BCUT2D eigenvalue weighted by Crippen LogP contribution is 2.69. The molecule has 4 atom stereocenters. The number of aryl methyl sites for hydroxylation is 1. The van der Waals surface area contributed by atoms with Crippen molar-refractivity contribution < 1.29 is 9.47 Å². The minimum atomic E-state index is 0.181. The molecule has 0 radical (unpaired) electrons. The Balaban J connectivity index is 1.72. The Hall–Kier alpha value is -1.48. The highest BCUT2D eigenvalue weighted by Gasteiger charge is 2.73. The van der Waals surface area contributed by atoms with Gasteiger partial charge in [-0.25, -0.2) is 0 Å². The molecule has 22 heavy (non-hydrogen) atoms. The van der Waals surface area contributed by atoms with E-state index in [0.717, 1.165) is 11.5 Å². The molecule has 1 aromatic rings. The van der Waals surface area contributed by atoms with E-state index in [-0.39, 0.29) is 11.5 Å². The third kappa shape index (κ3) is 0.971. The first-order valence-electron chi connectivity index (χ1n) is 8.62. The van der Waals surface area contributed by atoms with Crippen LogP contribution in [0, 0.1) is 5.92 Å². The van der Waals surface area contributed by atoms with Crippen molar-refractivity contribution in [3.8, 4) is 11.5 Å². The second-order valence-electron chi connectivity index (χ2n) is 7.58. The predicted molar refractivity (Wildman–Crippen MR) is 83.6 cm³/mol. The van der Waals surface area contributed by atoms with E-state index in [1.165, 1.54) is 49.9 Å². The van der Waals surface area contributed by atoms with Gasteiger partial charge in [0.2, 0.25) is 0 Å². The summed E-state index contributed by atoms with van der Waals surface area (Å²) in [6.45, 7) is 2.49. The normalized spacial score (nSPS) is 43.0. The number of ether oxygens (including phenoxy) is 2. The molecular weight excluding hydrogens is 274 g/mol. The fraction of sp³-hybridized carbons (Fsp3) is 0.579. The molecule has 3 heteroatoms. The maximum absolute atomic E-state index is 6.51. The average molecular weight is 295 g/mol. The van der Waals surface area contributed by atoms with Gasteiger partial charge in [-0.2, -0.15) is 0 Å². The zero-order valence-corrected chi connectivity index (χ0v) is 13.0. The Kier molecular flexibility index (Phi) is 1.93. The Bertz CT molecular complexity index is 726. The molecular formula is C19H21NO2. The Labute approximate surface area is 130 Å². The van der Waals surface area contributed by atoms with E-state index in [4.69, 9.17) is 9.47 Å². The SMILES string of the molecule is COc1ccc2c3c1O[C@@H]1C=C[C@H]4CCN5CC[C@@]31[C@@]45CC2. The highest BCUT2D eigenvalue weighted by atomic mass is 16.5. The molecule has 0 saturated carbocycles. The molecule has 2 fully saturated rings. The molecule has 2 spiro atoms. The molecule has 2 aliphatic carbocycles. The maximum atomic E-state index is 6.51. The van der Waals surface area contributed by atoms with Crippen LogP contribution < -0.4 is 9.47 Å². The fourth-order valence-corrected chi connectivity index (χ4v) is 6.68. The Morgan fingerprint density at radius 3 is 3.09 bits per heavy atom. The van der Waals surface area contributed by atoms with E-state index in [9.17, 15) is 0 Å². The fourth-order valence-electron chi connectivity index (χ4n) is 6.68. The van der Waals surface area contributed by atoms with Crippen LogP contribution in [0.2, 0.25) is 0 Å². The van der Waals surface area contributed by atoms with Gasteiger partial charge in [0.05, 0.1) is 12.5 Å². The second kappa shape index (κ2) is 3.53. The van der Waals surface area contributed by atoms with Gasteiger partial charge < -0.3 is 9.47 Å². The van der Waals surface area contributed by atoms with E-state index in [2.05, 4.69) is 29.2 Å². The molecule has 0 bridgehead atoms. The van der Waals surface area contributed by atoms with E-state index in [1.807, 2.05) is 0 Å².